The van der Waals surface area contributed by atoms with Crippen molar-refractivity contribution >= 4 is 32.6 Å². The summed E-state index contributed by atoms with van der Waals surface area (Å²) >= 11 is 3.26. The highest BCUT2D eigenvalue weighted by atomic mass is 79.9. The molecule has 86 valence electrons. The molecule has 0 atom stereocenters. The summed E-state index contributed by atoms with van der Waals surface area (Å²) in [5, 5.41) is 0. The van der Waals surface area contributed by atoms with Gasteiger partial charge in [-0.05, 0) is 28.1 Å². The molecule has 6 heteroatoms. The maximum atomic E-state index is 12.1. The SMILES string of the molecule is O=C(c1cccnc1Br)N1CCS(=O)CC1. The molecular formula is C10H11BrN2O2S. The van der Waals surface area contributed by atoms with E-state index in [1.807, 2.05) is 0 Å². The van der Waals surface area contributed by atoms with Crippen LogP contribution in [0.15, 0.2) is 22.9 Å². The minimum atomic E-state index is -0.760. The second-order valence-corrected chi connectivity index (χ2v) is 5.93. The molecule has 0 aliphatic carbocycles. The lowest BCUT2D eigenvalue weighted by Crippen LogP contribution is -2.41. The maximum absolute atomic E-state index is 12.1. The van der Waals surface area contributed by atoms with Gasteiger partial charge >= 0.3 is 0 Å². The highest BCUT2D eigenvalue weighted by Gasteiger charge is 2.22. The van der Waals surface area contributed by atoms with Gasteiger partial charge in [0.2, 0.25) is 0 Å². The molecule has 0 spiro atoms. The van der Waals surface area contributed by atoms with Gasteiger partial charge in [-0.25, -0.2) is 4.98 Å². The van der Waals surface area contributed by atoms with Crippen LogP contribution in [0.3, 0.4) is 0 Å². The summed E-state index contributed by atoms with van der Waals surface area (Å²) in [5.41, 5.74) is 0.565. The molecule has 0 bridgehead atoms. The van der Waals surface area contributed by atoms with Crippen LogP contribution in [0.25, 0.3) is 0 Å². The molecule has 1 fully saturated rings. The molecule has 0 radical (unpaired) electrons. The van der Waals surface area contributed by atoms with E-state index in [0.29, 0.717) is 34.8 Å². The number of carbonyl (C=O) groups excluding carboxylic acids is 1. The number of pyridine rings is 1. The number of hydrogen-bond acceptors (Lipinski definition) is 3. The number of nitrogens with zero attached hydrogens (tertiary/aromatic N) is 2. The van der Waals surface area contributed by atoms with E-state index in [9.17, 15) is 9.00 Å². The van der Waals surface area contributed by atoms with Gasteiger partial charge in [0.05, 0.1) is 5.56 Å². The fourth-order valence-corrected chi connectivity index (χ4v) is 3.03. The van der Waals surface area contributed by atoms with Gasteiger partial charge in [-0.1, -0.05) is 0 Å². The smallest absolute Gasteiger partial charge is 0.256 e. The third-order valence-corrected chi connectivity index (χ3v) is 4.36. The van der Waals surface area contributed by atoms with E-state index in [2.05, 4.69) is 20.9 Å². The Labute approximate surface area is 105 Å². The minimum Gasteiger partial charge on any atom is -0.337 e. The van der Waals surface area contributed by atoms with Gasteiger partial charge in [0.25, 0.3) is 5.91 Å². The fourth-order valence-electron chi connectivity index (χ4n) is 1.56. The number of hydrogen-bond donors (Lipinski definition) is 0. The van der Waals surface area contributed by atoms with E-state index in [4.69, 9.17) is 0 Å². The lowest BCUT2D eigenvalue weighted by atomic mass is 10.2. The highest BCUT2D eigenvalue weighted by molar-refractivity contribution is 9.10. The van der Waals surface area contributed by atoms with Crippen LogP contribution in [0.1, 0.15) is 10.4 Å². The molecule has 1 aliphatic rings. The van der Waals surface area contributed by atoms with E-state index in [-0.39, 0.29) is 5.91 Å². The van der Waals surface area contributed by atoms with E-state index < -0.39 is 10.8 Å². The first kappa shape index (κ1) is 11.7. The normalized spacial score (nSPS) is 17.4. The first-order valence-electron chi connectivity index (χ1n) is 4.93. The molecule has 1 aromatic heterocycles. The second kappa shape index (κ2) is 5.05. The monoisotopic (exact) mass is 302 g/mol. The predicted octanol–water partition coefficient (Wildman–Crippen LogP) is 1.05. The van der Waals surface area contributed by atoms with Gasteiger partial charge in [0.1, 0.15) is 4.60 Å². The van der Waals surface area contributed by atoms with Gasteiger partial charge in [-0.2, -0.15) is 0 Å². The van der Waals surface area contributed by atoms with Crippen molar-refractivity contribution in [1.82, 2.24) is 9.88 Å². The van der Waals surface area contributed by atoms with Crippen molar-refractivity contribution in [3.05, 3.63) is 28.5 Å². The lowest BCUT2D eigenvalue weighted by Gasteiger charge is -2.26. The molecule has 0 unspecified atom stereocenters. The van der Waals surface area contributed by atoms with Crippen molar-refractivity contribution in [3.63, 3.8) is 0 Å². The zero-order valence-electron chi connectivity index (χ0n) is 8.56. The summed E-state index contributed by atoms with van der Waals surface area (Å²) in [6.07, 6.45) is 1.63. The Hall–Kier alpha value is -0.750. The van der Waals surface area contributed by atoms with Crippen molar-refractivity contribution in [2.45, 2.75) is 0 Å². The minimum absolute atomic E-state index is 0.0447. The maximum Gasteiger partial charge on any atom is 0.256 e. The van der Waals surface area contributed by atoms with Gasteiger partial charge in [0.15, 0.2) is 0 Å². The van der Waals surface area contributed by atoms with Gasteiger partial charge in [0, 0.05) is 41.6 Å². The zero-order chi connectivity index (χ0) is 11.5. The number of amides is 1. The van der Waals surface area contributed by atoms with Crippen molar-refractivity contribution in [2.75, 3.05) is 24.6 Å². The Morgan fingerprint density at radius 3 is 2.75 bits per heavy atom. The largest absolute Gasteiger partial charge is 0.337 e. The van der Waals surface area contributed by atoms with Crippen LogP contribution in [0.4, 0.5) is 0 Å². The molecule has 1 aromatic rings. The van der Waals surface area contributed by atoms with Gasteiger partial charge in [-0.15, -0.1) is 0 Å². The molecule has 2 heterocycles. The Morgan fingerprint density at radius 2 is 2.12 bits per heavy atom. The Kier molecular flexibility index (Phi) is 3.70. The Balaban J connectivity index is 2.14. The fraction of sp³-hybridized carbons (Fsp3) is 0.400. The molecule has 0 saturated carbocycles. The number of halogens is 1. The standard InChI is InChI=1S/C10H11BrN2O2S/c11-9-8(2-1-3-12-9)10(14)13-4-6-16(15)7-5-13/h1-3H,4-7H2. The third-order valence-electron chi connectivity index (χ3n) is 2.45. The summed E-state index contributed by atoms with van der Waals surface area (Å²) < 4.78 is 11.7. The molecule has 0 N–H and O–H groups in total. The molecule has 16 heavy (non-hydrogen) atoms. The van der Waals surface area contributed by atoms with Crippen LogP contribution in [-0.4, -0.2) is 44.6 Å². The average molecular weight is 303 g/mol. The number of aromatic nitrogens is 1. The van der Waals surface area contributed by atoms with Crippen LogP contribution < -0.4 is 0 Å². The summed E-state index contributed by atoms with van der Waals surface area (Å²) in [4.78, 5) is 17.8. The van der Waals surface area contributed by atoms with Crippen LogP contribution in [0.5, 0.6) is 0 Å². The average Bonchev–Trinajstić information content (AvgIpc) is 2.30. The number of carbonyl (C=O) groups is 1. The second-order valence-electron chi connectivity index (χ2n) is 3.48. The predicted molar refractivity (Wildman–Crippen MR) is 65.7 cm³/mol. The van der Waals surface area contributed by atoms with E-state index in [1.54, 1.807) is 23.2 Å². The van der Waals surface area contributed by atoms with Crippen molar-refractivity contribution < 1.29 is 9.00 Å². The van der Waals surface area contributed by atoms with E-state index in [0.717, 1.165) is 0 Å². The third kappa shape index (κ3) is 2.49. The van der Waals surface area contributed by atoms with Crippen LogP contribution in [0, 0.1) is 0 Å². The molecule has 1 aliphatic heterocycles. The van der Waals surface area contributed by atoms with Crippen molar-refractivity contribution in [1.29, 1.82) is 0 Å². The topological polar surface area (TPSA) is 50.3 Å². The molecular weight excluding hydrogens is 292 g/mol. The summed E-state index contributed by atoms with van der Waals surface area (Å²) in [6.45, 7) is 1.12. The number of rotatable bonds is 1. The molecule has 2 rings (SSSR count). The van der Waals surface area contributed by atoms with Gasteiger partial charge in [-0.3, -0.25) is 9.00 Å². The van der Waals surface area contributed by atoms with Crippen LogP contribution >= 0.6 is 15.9 Å². The Bertz CT molecular complexity index is 429. The molecule has 1 amide bonds. The molecule has 1 saturated heterocycles. The molecule has 4 nitrogen and oxygen atoms in total. The Morgan fingerprint density at radius 1 is 1.44 bits per heavy atom. The first-order valence-corrected chi connectivity index (χ1v) is 7.21. The van der Waals surface area contributed by atoms with E-state index in [1.165, 1.54) is 0 Å². The zero-order valence-corrected chi connectivity index (χ0v) is 11.0. The van der Waals surface area contributed by atoms with Crippen LogP contribution in [-0.2, 0) is 10.8 Å². The van der Waals surface area contributed by atoms with Crippen molar-refractivity contribution in [3.8, 4) is 0 Å². The van der Waals surface area contributed by atoms with E-state index >= 15 is 0 Å². The summed E-state index contributed by atoms with van der Waals surface area (Å²) in [5.74, 6) is 1.10. The van der Waals surface area contributed by atoms with Crippen LogP contribution in [0.2, 0.25) is 0 Å². The molecule has 0 aromatic carbocycles. The van der Waals surface area contributed by atoms with Gasteiger partial charge < -0.3 is 4.90 Å². The summed E-state index contributed by atoms with van der Waals surface area (Å²) in [6, 6.07) is 3.48. The summed E-state index contributed by atoms with van der Waals surface area (Å²) in [7, 11) is -0.760. The lowest BCUT2D eigenvalue weighted by molar-refractivity contribution is 0.0770. The first-order chi connectivity index (χ1) is 7.68. The van der Waals surface area contributed by atoms with Crippen molar-refractivity contribution in [2.24, 2.45) is 0 Å². The quantitative estimate of drug-likeness (QED) is 0.729. The highest BCUT2D eigenvalue weighted by Crippen LogP contribution is 2.16.